The number of aromatic nitrogens is 2. The Morgan fingerprint density at radius 1 is 1.07 bits per heavy atom. The Morgan fingerprint density at radius 2 is 1.93 bits per heavy atom. The molecule has 0 spiro atoms. The quantitative estimate of drug-likeness (QED) is 0.582. The van der Waals surface area contributed by atoms with Gasteiger partial charge in [0, 0.05) is 16.6 Å². The van der Waals surface area contributed by atoms with Crippen LogP contribution in [0.2, 0.25) is 0 Å². The molecule has 2 aliphatic rings. The maximum atomic E-state index is 4.82. The molecule has 2 aliphatic carbocycles. The number of nitrogens with zero attached hydrogens (tertiary/aromatic N) is 2. The largest absolute Gasteiger partial charge is 0.325 e. The zero-order valence-corrected chi connectivity index (χ0v) is 18.3. The lowest BCUT2D eigenvalue weighted by Crippen LogP contribution is -2.32. The van der Waals surface area contributed by atoms with Gasteiger partial charge in [-0.25, -0.2) is 4.98 Å². The lowest BCUT2D eigenvalue weighted by atomic mass is 10.1. The maximum absolute atomic E-state index is 4.82. The molecule has 1 unspecified atom stereocenters. The van der Waals surface area contributed by atoms with Crippen LogP contribution in [0.25, 0.3) is 11.0 Å². The fraction of sp³-hybridized carbons (Fsp3) is 0.458. The van der Waals surface area contributed by atoms with Crippen molar-refractivity contribution in [1.29, 1.82) is 0 Å². The minimum atomic E-state index is 0.571. The number of imidazole rings is 1. The predicted molar refractivity (Wildman–Crippen MR) is 119 cm³/mol. The van der Waals surface area contributed by atoms with Crippen LogP contribution in [0.3, 0.4) is 0 Å². The third-order valence-electron chi connectivity index (χ3n) is 6.67. The smallest absolute Gasteiger partial charge is 0.106 e. The van der Waals surface area contributed by atoms with Crippen LogP contribution in [0.1, 0.15) is 47.8 Å². The van der Waals surface area contributed by atoms with Gasteiger partial charge < -0.3 is 9.88 Å². The molecule has 0 aliphatic heterocycles. The van der Waals surface area contributed by atoms with Gasteiger partial charge in [-0.2, -0.15) is 0 Å². The van der Waals surface area contributed by atoms with E-state index in [1.807, 2.05) is 0 Å². The molecule has 3 aromatic rings. The van der Waals surface area contributed by atoms with E-state index in [-0.39, 0.29) is 0 Å². The molecule has 0 radical (unpaired) electrons. The Kier molecular flexibility index (Phi) is 4.80. The van der Waals surface area contributed by atoms with Gasteiger partial charge in [0.15, 0.2) is 0 Å². The molecule has 0 bridgehead atoms. The van der Waals surface area contributed by atoms with Gasteiger partial charge in [0.25, 0.3) is 0 Å². The first-order valence-electron chi connectivity index (χ1n) is 10.5. The Morgan fingerprint density at radius 3 is 2.82 bits per heavy atom. The number of halogens is 1. The average Bonchev–Trinajstić information content (AvgIpc) is 3.35. The number of aryl methyl sites for hydroxylation is 2. The Bertz CT molecular complexity index is 1020. The van der Waals surface area contributed by atoms with E-state index in [4.69, 9.17) is 4.98 Å². The van der Waals surface area contributed by atoms with Gasteiger partial charge in [-0.1, -0.05) is 28.1 Å². The molecule has 1 fully saturated rings. The highest BCUT2D eigenvalue weighted by Gasteiger charge is 2.29. The summed E-state index contributed by atoms with van der Waals surface area (Å²) < 4.78 is 3.69. The summed E-state index contributed by atoms with van der Waals surface area (Å²) in [6.45, 7) is 5.43. The summed E-state index contributed by atoms with van der Waals surface area (Å²) in [5.74, 6) is 1.89. The van der Waals surface area contributed by atoms with E-state index >= 15 is 0 Å². The summed E-state index contributed by atoms with van der Waals surface area (Å²) in [7, 11) is 0. The molecular weight excluding hydrogens is 410 g/mol. The highest BCUT2D eigenvalue weighted by atomic mass is 79.9. The summed E-state index contributed by atoms with van der Waals surface area (Å²) in [6.07, 6.45) is 6.15. The van der Waals surface area contributed by atoms with Crippen LogP contribution < -0.4 is 5.32 Å². The molecule has 0 amide bonds. The van der Waals surface area contributed by atoms with Gasteiger partial charge in [0.1, 0.15) is 5.82 Å². The molecule has 4 heteroatoms. The third kappa shape index (κ3) is 3.42. The zero-order valence-electron chi connectivity index (χ0n) is 16.7. The van der Waals surface area contributed by atoms with E-state index in [9.17, 15) is 0 Å². The summed E-state index contributed by atoms with van der Waals surface area (Å²) >= 11 is 3.61. The van der Waals surface area contributed by atoms with Crippen molar-refractivity contribution in [3.8, 4) is 0 Å². The standard InChI is InChI=1S/C24H28BrN3/c1-15-3-8-24-23(9-15)27-16(2)28(24)22-7-6-21(13-22)26-14-17-10-18-4-5-20(25)12-19(18)11-17/h3-5,8-9,12,17,21-22,26H,6-7,10-11,13-14H2,1-2H3/t17?,21-,22+/m1/s1. The van der Waals surface area contributed by atoms with E-state index in [1.165, 1.54) is 58.8 Å². The van der Waals surface area contributed by atoms with E-state index < -0.39 is 0 Å². The first kappa shape index (κ1) is 18.4. The molecule has 3 nitrogen and oxygen atoms in total. The van der Waals surface area contributed by atoms with Gasteiger partial charge in [0.2, 0.25) is 0 Å². The molecule has 2 aromatic carbocycles. The number of hydrogen-bond donors (Lipinski definition) is 1. The van der Waals surface area contributed by atoms with Crippen molar-refractivity contribution < 1.29 is 0 Å². The normalized spacial score (nSPS) is 24.2. The highest BCUT2D eigenvalue weighted by Crippen LogP contribution is 2.35. The van der Waals surface area contributed by atoms with Crippen LogP contribution in [0.15, 0.2) is 40.9 Å². The van der Waals surface area contributed by atoms with Crippen LogP contribution >= 0.6 is 15.9 Å². The fourth-order valence-corrected chi connectivity index (χ4v) is 5.73. The second kappa shape index (κ2) is 7.31. The number of rotatable bonds is 4. The van der Waals surface area contributed by atoms with Crippen LogP contribution in [-0.4, -0.2) is 22.1 Å². The Balaban J connectivity index is 1.22. The summed E-state index contributed by atoms with van der Waals surface area (Å²) in [5, 5.41) is 3.90. The maximum Gasteiger partial charge on any atom is 0.106 e. The van der Waals surface area contributed by atoms with Crippen molar-refractivity contribution >= 4 is 27.0 Å². The monoisotopic (exact) mass is 437 g/mol. The fourth-order valence-electron chi connectivity index (χ4n) is 5.32. The molecule has 3 atom stereocenters. The average molecular weight is 438 g/mol. The van der Waals surface area contributed by atoms with E-state index in [1.54, 1.807) is 0 Å². The van der Waals surface area contributed by atoms with Gasteiger partial charge in [0.05, 0.1) is 11.0 Å². The minimum absolute atomic E-state index is 0.571. The predicted octanol–water partition coefficient (Wildman–Crippen LogP) is 5.51. The minimum Gasteiger partial charge on any atom is -0.325 e. The third-order valence-corrected chi connectivity index (χ3v) is 7.17. The van der Waals surface area contributed by atoms with Crippen molar-refractivity contribution in [3.05, 3.63) is 63.4 Å². The van der Waals surface area contributed by atoms with Crippen LogP contribution in [0.5, 0.6) is 0 Å². The van der Waals surface area contributed by atoms with E-state index in [0.717, 1.165) is 23.8 Å². The number of benzene rings is 2. The zero-order chi connectivity index (χ0) is 19.3. The highest BCUT2D eigenvalue weighted by molar-refractivity contribution is 9.10. The summed E-state index contributed by atoms with van der Waals surface area (Å²) in [4.78, 5) is 4.82. The van der Waals surface area contributed by atoms with Gasteiger partial charge in [-0.3, -0.25) is 0 Å². The SMILES string of the molecule is Cc1ccc2c(c1)nc(C)n2[C@H]1CC[C@@H](NCC2Cc3ccc(Br)cc3C2)C1. The molecule has 1 aromatic heterocycles. The molecule has 1 saturated carbocycles. The van der Waals surface area contributed by atoms with Crippen molar-refractivity contribution in [2.24, 2.45) is 5.92 Å². The van der Waals surface area contributed by atoms with Crippen LogP contribution in [0, 0.1) is 19.8 Å². The molecule has 1 N–H and O–H groups in total. The van der Waals surface area contributed by atoms with Crippen LogP contribution in [-0.2, 0) is 12.8 Å². The Labute approximate surface area is 175 Å². The number of fused-ring (bicyclic) bond motifs is 2. The summed E-state index contributed by atoms with van der Waals surface area (Å²) in [6, 6.07) is 14.6. The van der Waals surface area contributed by atoms with E-state index in [0.29, 0.717) is 12.1 Å². The molecular formula is C24H28BrN3. The molecule has 0 saturated heterocycles. The second-order valence-corrected chi connectivity index (χ2v) is 9.70. The van der Waals surface area contributed by atoms with Crippen molar-refractivity contribution in [1.82, 2.24) is 14.9 Å². The number of hydrogen-bond acceptors (Lipinski definition) is 2. The Hall–Kier alpha value is -1.65. The first-order valence-corrected chi connectivity index (χ1v) is 11.3. The number of nitrogens with one attached hydrogen (secondary N) is 1. The lowest BCUT2D eigenvalue weighted by Gasteiger charge is -2.18. The van der Waals surface area contributed by atoms with Gasteiger partial charge >= 0.3 is 0 Å². The van der Waals surface area contributed by atoms with Crippen LogP contribution in [0.4, 0.5) is 0 Å². The van der Waals surface area contributed by atoms with Crippen molar-refractivity contribution in [2.75, 3.05) is 6.54 Å². The molecule has 1 heterocycles. The van der Waals surface area contributed by atoms with Crippen molar-refractivity contribution in [3.63, 3.8) is 0 Å². The topological polar surface area (TPSA) is 29.9 Å². The molecule has 28 heavy (non-hydrogen) atoms. The summed E-state index contributed by atoms with van der Waals surface area (Å²) in [5.41, 5.74) is 6.79. The lowest BCUT2D eigenvalue weighted by molar-refractivity contribution is 0.425. The second-order valence-electron chi connectivity index (χ2n) is 8.78. The van der Waals surface area contributed by atoms with E-state index in [2.05, 4.69) is 76.1 Å². The van der Waals surface area contributed by atoms with Gasteiger partial charge in [-0.15, -0.1) is 0 Å². The first-order chi connectivity index (χ1) is 13.6. The van der Waals surface area contributed by atoms with Crippen molar-refractivity contribution in [2.45, 2.75) is 58.0 Å². The van der Waals surface area contributed by atoms with Gasteiger partial charge in [-0.05, 0) is 99.4 Å². The molecule has 5 rings (SSSR count). The molecule has 146 valence electrons.